The van der Waals surface area contributed by atoms with Gasteiger partial charge in [-0.2, -0.15) is 0 Å². The predicted octanol–water partition coefficient (Wildman–Crippen LogP) is 7.47. The van der Waals surface area contributed by atoms with Crippen LogP contribution in [-0.4, -0.2) is 53.0 Å². The number of ether oxygens (including phenoxy) is 2. The van der Waals surface area contributed by atoms with Crippen molar-refractivity contribution in [2.75, 3.05) is 24.3 Å². The van der Waals surface area contributed by atoms with Crippen LogP contribution in [0.15, 0.2) is 89.7 Å². The molecule has 1 fully saturated rings. The van der Waals surface area contributed by atoms with Crippen molar-refractivity contribution < 1.29 is 38.7 Å². The maximum atomic E-state index is 13.0. The van der Waals surface area contributed by atoms with Crippen molar-refractivity contribution in [3.63, 3.8) is 0 Å². The number of aromatic hydroxyl groups is 1. The molecule has 8 N–H and O–H groups in total. The molecule has 5 aromatic rings. The summed E-state index contributed by atoms with van der Waals surface area (Å²) in [5.41, 5.74) is 11.0. The highest BCUT2D eigenvalue weighted by Crippen LogP contribution is 2.33. The van der Waals surface area contributed by atoms with Gasteiger partial charge in [-0.3, -0.25) is 24.3 Å². The molecule has 0 radical (unpaired) electrons. The number of aliphatic hydroxyl groups is 1. The van der Waals surface area contributed by atoms with E-state index in [1.807, 2.05) is 48.5 Å². The lowest BCUT2D eigenvalue weighted by Crippen LogP contribution is -2.32. The molecular weight excluding hydrogens is 760 g/mol. The average molecular weight is 808 g/mol. The number of carbonyl (C=O) groups excluding carboxylic acids is 2. The maximum Gasteiger partial charge on any atom is 0.411 e. The molecule has 12 nitrogen and oxygen atoms in total. The van der Waals surface area contributed by atoms with Gasteiger partial charge in [0.2, 0.25) is 11.5 Å². The van der Waals surface area contributed by atoms with E-state index in [1.165, 1.54) is 19.2 Å². The first-order valence-corrected chi connectivity index (χ1v) is 18.8. The Balaban J connectivity index is 0.00000360. The molecule has 2 amide bonds. The fourth-order valence-corrected chi connectivity index (χ4v) is 7.14. The van der Waals surface area contributed by atoms with Crippen molar-refractivity contribution in [2.24, 2.45) is 5.73 Å². The Kier molecular flexibility index (Phi) is 15.9. The molecule has 0 bridgehead atoms. The normalized spacial score (nSPS) is 15.4. The lowest BCUT2D eigenvalue weighted by atomic mass is 9.94. The lowest BCUT2D eigenvalue weighted by molar-refractivity contribution is -0.116. The van der Waals surface area contributed by atoms with E-state index in [1.54, 1.807) is 24.3 Å². The third-order valence-electron chi connectivity index (χ3n) is 9.83. The Hall–Kier alpha value is -5.54. The van der Waals surface area contributed by atoms with Gasteiger partial charge >= 0.3 is 6.09 Å². The van der Waals surface area contributed by atoms with E-state index >= 15 is 0 Å². The van der Waals surface area contributed by atoms with Gasteiger partial charge in [0, 0.05) is 54.2 Å². The number of aliphatic hydroxyl groups excluding tert-OH is 1. The van der Waals surface area contributed by atoms with E-state index in [9.17, 15) is 24.6 Å². The van der Waals surface area contributed by atoms with E-state index < -0.39 is 12.2 Å². The number of phenols is 1. The summed E-state index contributed by atoms with van der Waals surface area (Å²) < 4.78 is 11.3. The molecule has 1 atom stereocenters. The molecule has 1 heterocycles. The van der Waals surface area contributed by atoms with Gasteiger partial charge < -0.3 is 41.0 Å². The van der Waals surface area contributed by atoms with Crippen LogP contribution in [0.2, 0.25) is 5.02 Å². The molecule has 0 aliphatic heterocycles. The number of aryl methyl sites for hydroxylation is 1. The molecule has 0 saturated heterocycles. The van der Waals surface area contributed by atoms with Gasteiger partial charge in [-0.1, -0.05) is 60.1 Å². The number of benzene rings is 4. The van der Waals surface area contributed by atoms with Gasteiger partial charge in [0.25, 0.3) is 0 Å². The van der Waals surface area contributed by atoms with Gasteiger partial charge in [-0.15, -0.1) is 0 Å². The second-order valence-corrected chi connectivity index (χ2v) is 14.2. The quantitative estimate of drug-likeness (QED) is 0.0597. The minimum atomic E-state index is -0.943. The Bertz CT molecular complexity index is 2200. The molecule has 1 aromatic heterocycles. The van der Waals surface area contributed by atoms with E-state index in [0.717, 1.165) is 42.4 Å². The molecule has 1 saturated carbocycles. The number of methoxy groups -OCH3 is 1. The minimum absolute atomic E-state index is 0. The Morgan fingerprint density at radius 1 is 0.947 bits per heavy atom. The van der Waals surface area contributed by atoms with Crippen LogP contribution in [0.4, 0.5) is 25.6 Å². The largest absolute Gasteiger partial charge is 0.506 e. The zero-order valence-electron chi connectivity index (χ0n) is 31.4. The number of nitrogens with one attached hydrogen (secondary N) is 4. The van der Waals surface area contributed by atoms with E-state index in [4.69, 9.17) is 26.8 Å². The lowest BCUT2D eigenvalue weighted by Gasteiger charge is -2.26. The number of aromatic nitrogens is 1. The molecule has 15 heteroatoms. The summed E-state index contributed by atoms with van der Waals surface area (Å²) in [4.78, 5) is 40.3. The Morgan fingerprint density at radius 3 is 2.44 bits per heavy atom. The van der Waals surface area contributed by atoms with Crippen molar-refractivity contribution in [1.82, 2.24) is 10.3 Å². The number of H-pyrrole nitrogens is 1. The highest BCUT2D eigenvalue weighted by molar-refractivity contribution is 6.33. The molecule has 0 spiro atoms. The molecule has 6 rings (SSSR count). The van der Waals surface area contributed by atoms with E-state index in [-0.39, 0.29) is 57.3 Å². The first-order chi connectivity index (χ1) is 26.6. The predicted molar refractivity (Wildman–Crippen MR) is 220 cm³/mol. The topological polar surface area (TPSA) is 188 Å². The number of carbonyl (C=O) groups is 2. The summed E-state index contributed by atoms with van der Waals surface area (Å²) in [6.07, 6.45) is 2.94. The van der Waals surface area contributed by atoms with Crippen LogP contribution in [0.3, 0.4) is 0 Å². The molecular formula is C42H48ClF2N5O7. The molecule has 4 aromatic carbocycles. The van der Waals surface area contributed by atoms with Crippen LogP contribution in [0.25, 0.3) is 22.0 Å². The van der Waals surface area contributed by atoms with Crippen molar-refractivity contribution in [3.05, 3.63) is 117 Å². The number of fused-ring (bicyclic) bond motifs is 1. The first-order valence-electron chi connectivity index (χ1n) is 18.4. The fraction of sp³-hybridized carbons (Fsp3) is 0.310. The summed E-state index contributed by atoms with van der Waals surface area (Å²) >= 11 is 6.60. The van der Waals surface area contributed by atoms with Gasteiger partial charge in [0.05, 0.1) is 35.1 Å². The van der Waals surface area contributed by atoms with Gasteiger partial charge in [0.15, 0.2) is 0 Å². The smallest absolute Gasteiger partial charge is 0.411 e. The highest BCUT2D eigenvalue weighted by atomic mass is 35.5. The van der Waals surface area contributed by atoms with Gasteiger partial charge in [-0.25, -0.2) is 4.79 Å². The van der Waals surface area contributed by atoms with Crippen molar-refractivity contribution in [1.29, 1.82) is 0 Å². The second kappa shape index (κ2) is 20.6. The van der Waals surface area contributed by atoms with E-state index in [2.05, 4.69) is 20.9 Å². The van der Waals surface area contributed by atoms with Crippen LogP contribution in [0.1, 0.15) is 61.3 Å². The van der Waals surface area contributed by atoms with Crippen LogP contribution in [0.5, 0.6) is 11.5 Å². The van der Waals surface area contributed by atoms with Crippen molar-refractivity contribution >= 4 is 45.9 Å². The number of amides is 2. The standard InChI is InChI=1S/C42H46ClN5O7.2FH/c1-54-38-22-35(33(43)21-27(38)23-45-24-37(50)31-16-18-36(49)41-32(31)17-19-40(52)48-41)46-39(51)9-5-6-25-10-15-30(26-7-3-2-4-8-26)34(20-25)47-42(53)55-29-13-11-28(44)12-14-29;;/h2-4,7-8,10,15-22,28-29,37,45,49-50H,5-6,9,11-14,23-24,44H2,1H3,(H,46,51)(H,47,53)(H,48,52);2*1H/t28?,29?,37-;;/m0../s1. The maximum absolute atomic E-state index is 13.0. The molecule has 1 aliphatic carbocycles. The number of halogens is 3. The molecule has 304 valence electrons. The number of nitrogens with two attached hydrogens (primary N) is 1. The number of pyridine rings is 1. The fourth-order valence-electron chi connectivity index (χ4n) is 6.90. The van der Waals surface area contributed by atoms with Gasteiger partial charge in [-0.05, 0) is 79.5 Å². The highest BCUT2D eigenvalue weighted by Gasteiger charge is 2.23. The zero-order chi connectivity index (χ0) is 38.9. The zero-order valence-corrected chi connectivity index (χ0v) is 32.1. The second-order valence-electron chi connectivity index (χ2n) is 13.8. The SMILES string of the molecule is COc1cc(NC(=O)CCCc2ccc(-c3ccccc3)c(NC(=O)OC3CCC(N)CC3)c2)c(Cl)cc1CNC[C@H](O)c1ccc(O)c2[nH]c(=O)ccc12.F.F. The summed E-state index contributed by atoms with van der Waals surface area (Å²) in [6, 6.07) is 25.2. The number of rotatable bonds is 14. The van der Waals surface area contributed by atoms with E-state index in [0.29, 0.717) is 58.0 Å². The molecule has 0 unspecified atom stereocenters. The number of hydrogen-bond acceptors (Lipinski definition) is 9. The Morgan fingerprint density at radius 2 is 1.70 bits per heavy atom. The number of phenolic OH excluding ortho intramolecular Hbond substituents is 1. The summed E-state index contributed by atoms with van der Waals surface area (Å²) in [5, 5.41) is 31.0. The number of hydrogen-bond donors (Lipinski definition) is 7. The third kappa shape index (κ3) is 11.5. The van der Waals surface area contributed by atoms with Crippen LogP contribution in [0, 0.1) is 0 Å². The van der Waals surface area contributed by atoms with Gasteiger partial charge in [0.1, 0.15) is 17.6 Å². The van der Waals surface area contributed by atoms with Crippen LogP contribution in [-0.2, 0) is 22.5 Å². The first kappa shape index (κ1) is 44.2. The van der Waals surface area contributed by atoms with Crippen molar-refractivity contribution in [2.45, 2.75) is 69.7 Å². The summed E-state index contributed by atoms with van der Waals surface area (Å²) in [7, 11) is 1.52. The van der Waals surface area contributed by atoms with Crippen molar-refractivity contribution in [3.8, 4) is 22.6 Å². The average Bonchev–Trinajstić information content (AvgIpc) is 3.17. The van der Waals surface area contributed by atoms with Crippen LogP contribution >= 0.6 is 11.6 Å². The molecule has 1 aliphatic rings. The molecule has 57 heavy (non-hydrogen) atoms. The number of aromatic amines is 1. The van der Waals surface area contributed by atoms with Crippen LogP contribution < -0.4 is 32.0 Å². The summed E-state index contributed by atoms with van der Waals surface area (Å²) in [6.45, 7) is 0.457. The summed E-state index contributed by atoms with van der Waals surface area (Å²) in [5.74, 6) is 0.203. The third-order valence-corrected chi connectivity index (χ3v) is 10.1. The number of anilines is 2. The minimum Gasteiger partial charge on any atom is -0.506 e. The Labute approximate surface area is 333 Å². The monoisotopic (exact) mass is 807 g/mol.